The standard InChI is InChI=1S/C30H30N4O3/c1-21-18-22(11-14-27(21)29(35)33-15-2-3-16-33)6-5-17-34(26-8-4-7-25(19-26)28(31)32)20-23-9-12-24(13-10-23)30(36)37/h4,7-14,18-19H,2-3,15-17,20H2,1H3,(H3,31,32)(H,36,37). The first kappa shape index (κ1) is 25.5. The van der Waals surface area contributed by atoms with Crippen molar-refractivity contribution < 1.29 is 14.7 Å². The van der Waals surface area contributed by atoms with Gasteiger partial charge in [-0.2, -0.15) is 0 Å². The van der Waals surface area contributed by atoms with E-state index in [4.69, 9.17) is 11.1 Å². The van der Waals surface area contributed by atoms with Crippen molar-refractivity contribution in [3.8, 4) is 11.8 Å². The number of aromatic carboxylic acids is 1. The van der Waals surface area contributed by atoms with Gasteiger partial charge in [-0.25, -0.2) is 4.79 Å². The zero-order valence-electron chi connectivity index (χ0n) is 20.8. The number of likely N-dealkylation sites (tertiary alicyclic amines) is 1. The second-order valence-electron chi connectivity index (χ2n) is 9.15. The van der Waals surface area contributed by atoms with Gasteiger partial charge in [-0.1, -0.05) is 36.1 Å². The molecule has 4 rings (SSSR count). The summed E-state index contributed by atoms with van der Waals surface area (Å²) in [5.41, 5.74) is 10.8. The molecule has 0 unspecified atom stereocenters. The van der Waals surface area contributed by atoms with Crippen LogP contribution >= 0.6 is 0 Å². The molecular weight excluding hydrogens is 464 g/mol. The summed E-state index contributed by atoms with van der Waals surface area (Å²) in [6.07, 6.45) is 2.12. The lowest BCUT2D eigenvalue weighted by Gasteiger charge is -2.23. The van der Waals surface area contributed by atoms with Gasteiger partial charge in [0, 0.05) is 42.0 Å². The van der Waals surface area contributed by atoms with Crippen LogP contribution in [0.1, 0.15) is 55.8 Å². The van der Waals surface area contributed by atoms with Crippen molar-refractivity contribution in [2.24, 2.45) is 5.73 Å². The number of rotatable bonds is 7. The first-order valence-corrected chi connectivity index (χ1v) is 12.2. The normalized spacial score (nSPS) is 12.5. The van der Waals surface area contributed by atoms with Crippen molar-refractivity contribution in [1.29, 1.82) is 5.41 Å². The van der Waals surface area contributed by atoms with E-state index in [0.29, 0.717) is 18.7 Å². The molecule has 1 amide bonds. The van der Waals surface area contributed by atoms with Crippen LogP contribution in [-0.2, 0) is 6.54 Å². The number of amidine groups is 1. The number of aryl methyl sites for hydroxylation is 1. The highest BCUT2D eigenvalue weighted by Crippen LogP contribution is 2.20. The van der Waals surface area contributed by atoms with Gasteiger partial charge in [-0.15, -0.1) is 0 Å². The average molecular weight is 495 g/mol. The summed E-state index contributed by atoms with van der Waals surface area (Å²) in [5, 5.41) is 17.0. The Hall–Kier alpha value is -4.57. The smallest absolute Gasteiger partial charge is 0.335 e. The quantitative estimate of drug-likeness (QED) is 0.258. The number of nitrogens with zero attached hydrogens (tertiary/aromatic N) is 2. The molecule has 3 aromatic carbocycles. The molecule has 4 N–H and O–H groups in total. The summed E-state index contributed by atoms with van der Waals surface area (Å²) in [7, 11) is 0. The fourth-order valence-electron chi connectivity index (χ4n) is 4.39. The number of hydrogen-bond donors (Lipinski definition) is 3. The van der Waals surface area contributed by atoms with Gasteiger partial charge in [0.05, 0.1) is 12.1 Å². The van der Waals surface area contributed by atoms with Crippen LogP contribution in [-0.4, -0.2) is 47.4 Å². The third-order valence-electron chi connectivity index (χ3n) is 6.45. The highest BCUT2D eigenvalue weighted by Gasteiger charge is 2.20. The number of anilines is 1. The van der Waals surface area contributed by atoms with Crippen LogP contribution in [0.4, 0.5) is 5.69 Å². The molecular formula is C30H30N4O3. The van der Waals surface area contributed by atoms with Crippen molar-refractivity contribution >= 4 is 23.4 Å². The van der Waals surface area contributed by atoms with Gasteiger partial charge in [0.1, 0.15) is 5.84 Å². The minimum Gasteiger partial charge on any atom is -0.478 e. The number of benzene rings is 3. The summed E-state index contributed by atoms with van der Waals surface area (Å²) in [6, 6.07) is 19.8. The van der Waals surface area contributed by atoms with Gasteiger partial charge >= 0.3 is 5.97 Å². The molecule has 7 heteroatoms. The van der Waals surface area contributed by atoms with Gasteiger partial charge in [0.25, 0.3) is 5.91 Å². The number of hydrogen-bond acceptors (Lipinski definition) is 4. The number of nitrogen functional groups attached to an aromatic ring is 1. The maximum Gasteiger partial charge on any atom is 0.335 e. The van der Waals surface area contributed by atoms with Gasteiger partial charge in [-0.05, 0) is 73.4 Å². The maximum atomic E-state index is 12.8. The highest BCUT2D eigenvalue weighted by molar-refractivity contribution is 5.96. The number of nitrogens with one attached hydrogen (secondary N) is 1. The maximum absolute atomic E-state index is 12.8. The van der Waals surface area contributed by atoms with E-state index in [1.54, 1.807) is 30.3 Å². The average Bonchev–Trinajstić information content (AvgIpc) is 3.43. The van der Waals surface area contributed by atoms with E-state index < -0.39 is 5.97 Å². The lowest BCUT2D eigenvalue weighted by atomic mass is 10.0. The minimum absolute atomic E-state index is 0.0160. The predicted octanol–water partition coefficient (Wildman–Crippen LogP) is 4.27. The van der Waals surface area contributed by atoms with E-state index in [2.05, 4.69) is 11.8 Å². The zero-order valence-corrected chi connectivity index (χ0v) is 20.8. The monoisotopic (exact) mass is 494 g/mol. The molecule has 1 saturated heterocycles. The third kappa shape index (κ3) is 6.36. The fourth-order valence-corrected chi connectivity index (χ4v) is 4.39. The van der Waals surface area contributed by atoms with Crippen LogP contribution in [0.15, 0.2) is 66.7 Å². The van der Waals surface area contributed by atoms with Crippen LogP contribution in [0, 0.1) is 24.2 Å². The van der Waals surface area contributed by atoms with E-state index >= 15 is 0 Å². The molecule has 0 aliphatic carbocycles. The lowest BCUT2D eigenvalue weighted by Crippen LogP contribution is -2.28. The van der Waals surface area contributed by atoms with Crippen LogP contribution in [0.3, 0.4) is 0 Å². The van der Waals surface area contributed by atoms with E-state index in [1.807, 2.05) is 53.1 Å². The Morgan fingerprint density at radius 1 is 1.03 bits per heavy atom. The van der Waals surface area contributed by atoms with Gasteiger partial charge in [0.2, 0.25) is 0 Å². The Balaban J connectivity index is 1.55. The largest absolute Gasteiger partial charge is 0.478 e. The third-order valence-corrected chi connectivity index (χ3v) is 6.45. The molecule has 0 saturated carbocycles. The van der Waals surface area contributed by atoms with Crippen molar-refractivity contribution in [3.63, 3.8) is 0 Å². The molecule has 0 aromatic heterocycles. The second-order valence-corrected chi connectivity index (χ2v) is 9.15. The number of carboxylic acids is 1. The van der Waals surface area contributed by atoms with Gasteiger partial charge in [0.15, 0.2) is 0 Å². The summed E-state index contributed by atoms with van der Waals surface area (Å²) < 4.78 is 0. The zero-order chi connectivity index (χ0) is 26.4. The van der Waals surface area contributed by atoms with Gasteiger partial charge < -0.3 is 20.6 Å². The summed E-state index contributed by atoms with van der Waals surface area (Å²) in [6.45, 7) is 4.47. The molecule has 37 heavy (non-hydrogen) atoms. The van der Waals surface area contributed by atoms with Crippen LogP contribution in [0.2, 0.25) is 0 Å². The molecule has 1 heterocycles. The molecule has 188 valence electrons. The number of carbonyl (C=O) groups excluding carboxylic acids is 1. The molecule has 0 radical (unpaired) electrons. The van der Waals surface area contributed by atoms with Crippen LogP contribution in [0.5, 0.6) is 0 Å². The molecule has 1 fully saturated rings. The molecule has 0 spiro atoms. The summed E-state index contributed by atoms with van der Waals surface area (Å²) >= 11 is 0. The predicted molar refractivity (Wildman–Crippen MR) is 145 cm³/mol. The molecule has 1 aliphatic heterocycles. The fraction of sp³-hybridized carbons (Fsp3) is 0.233. The molecule has 3 aromatic rings. The minimum atomic E-state index is -0.966. The van der Waals surface area contributed by atoms with E-state index in [1.165, 1.54) is 0 Å². The Morgan fingerprint density at radius 3 is 2.41 bits per heavy atom. The summed E-state index contributed by atoms with van der Waals surface area (Å²) in [4.78, 5) is 27.9. The Kier molecular flexibility index (Phi) is 7.89. The van der Waals surface area contributed by atoms with Crippen molar-refractivity contribution in [2.75, 3.05) is 24.5 Å². The van der Waals surface area contributed by atoms with Crippen LogP contribution < -0.4 is 10.6 Å². The van der Waals surface area contributed by atoms with E-state index in [9.17, 15) is 14.7 Å². The Bertz CT molecular complexity index is 1380. The van der Waals surface area contributed by atoms with E-state index in [0.717, 1.165) is 53.9 Å². The molecule has 0 bridgehead atoms. The molecule has 1 aliphatic rings. The number of carbonyl (C=O) groups is 2. The molecule has 7 nitrogen and oxygen atoms in total. The number of amides is 1. The topological polar surface area (TPSA) is 111 Å². The van der Waals surface area contributed by atoms with E-state index in [-0.39, 0.29) is 17.3 Å². The first-order chi connectivity index (χ1) is 17.8. The van der Waals surface area contributed by atoms with Crippen LogP contribution in [0.25, 0.3) is 0 Å². The second kappa shape index (κ2) is 11.4. The van der Waals surface area contributed by atoms with Crippen molar-refractivity contribution in [2.45, 2.75) is 26.3 Å². The van der Waals surface area contributed by atoms with Gasteiger partial charge in [-0.3, -0.25) is 10.2 Å². The Morgan fingerprint density at radius 2 is 1.76 bits per heavy atom. The molecule has 0 atom stereocenters. The van der Waals surface area contributed by atoms with Crippen molar-refractivity contribution in [1.82, 2.24) is 4.90 Å². The number of carboxylic acid groups (broad SMARTS) is 1. The summed E-state index contributed by atoms with van der Waals surface area (Å²) in [5.74, 6) is 5.54. The SMILES string of the molecule is Cc1cc(C#CCN(Cc2ccc(C(=O)O)cc2)c2cccc(C(=N)N)c2)ccc1C(=O)N1CCCC1. The van der Waals surface area contributed by atoms with Crippen molar-refractivity contribution in [3.05, 3.63) is 100 Å². The lowest BCUT2D eigenvalue weighted by molar-refractivity contribution is 0.0696. The number of nitrogens with two attached hydrogens (primary N) is 1. The highest BCUT2D eigenvalue weighted by atomic mass is 16.4. The first-order valence-electron chi connectivity index (χ1n) is 12.2. The Labute approximate surface area is 217 Å².